The number of benzene rings is 1. The summed E-state index contributed by atoms with van der Waals surface area (Å²) < 4.78 is 0. The van der Waals surface area contributed by atoms with Crippen molar-refractivity contribution in [3.8, 4) is 0 Å². The highest BCUT2D eigenvalue weighted by Crippen LogP contribution is 2.48. The normalized spacial score (nSPS) is 25.9. The first-order valence-corrected chi connectivity index (χ1v) is 9.96. The van der Waals surface area contributed by atoms with E-state index in [1.165, 1.54) is 6.20 Å². The Morgan fingerprint density at radius 3 is 2.36 bits per heavy atom. The number of nitrogens with one attached hydrogen (secondary N) is 2. The lowest BCUT2D eigenvalue weighted by molar-refractivity contribution is 0.0829. The third kappa shape index (κ3) is 3.74. The Bertz CT molecular complexity index is 917. The number of fused-ring (bicyclic) bond motifs is 2. The van der Waals surface area contributed by atoms with E-state index in [1.54, 1.807) is 30.5 Å². The van der Waals surface area contributed by atoms with Gasteiger partial charge in [-0.1, -0.05) is 17.7 Å². The van der Waals surface area contributed by atoms with Crippen LogP contribution in [0.4, 0.5) is 0 Å². The highest BCUT2D eigenvalue weighted by atomic mass is 35.5. The smallest absolute Gasteiger partial charge is 0.271 e. The van der Waals surface area contributed by atoms with Crippen molar-refractivity contribution in [1.82, 2.24) is 20.6 Å². The van der Waals surface area contributed by atoms with Gasteiger partial charge in [0.15, 0.2) is 0 Å². The molecular weight excluding hydrogens is 376 g/mol. The molecule has 1 aromatic carbocycles. The molecule has 2 saturated carbocycles. The topological polar surface area (TPSA) is 84.0 Å². The van der Waals surface area contributed by atoms with Gasteiger partial charge in [-0.2, -0.15) is 0 Å². The van der Waals surface area contributed by atoms with Crippen LogP contribution in [0.2, 0.25) is 5.02 Å². The second-order valence-electron chi connectivity index (χ2n) is 8.05. The molecule has 0 aliphatic heterocycles. The lowest BCUT2D eigenvalue weighted by Crippen LogP contribution is -2.55. The lowest BCUT2D eigenvalue weighted by atomic mass is 9.78. The van der Waals surface area contributed by atoms with Crippen molar-refractivity contribution in [2.24, 2.45) is 0 Å². The van der Waals surface area contributed by atoms with Gasteiger partial charge in [-0.05, 0) is 63.6 Å². The molecule has 0 saturated heterocycles. The Kier molecular flexibility index (Phi) is 4.83. The van der Waals surface area contributed by atoms with Crippen LogP contribution >= 0.6 is 11.6 Å². The molecule has 1 heterocycles. The van der Waals surface area contributed by atoms with E-state index in [1.807, 2.05) is 6.92 Å². The van der Waals surface area contributed by atoms with Gasteiger partial charge in [-0.25, -0.2) is 4.98 Å². The van der Waals surface area contributed by atoms with E-state index in [0.29, 0.717) is 16.3 Å². The molecular formula is C21H23ClN4O2. The third-order valence-electron chi connectivity index (χ3n) is 5.93. The van der Waals surface area contributed by atoms with Crippen molar-refractivity contribution in [3.05, 3.63) is 58.6 Å². The molecule has 0 spiro atoms. The molecule has 6 nitrogen and oxygen atoms in total. The highest BCUT2D eigenvalue weighted by molar-refractivity contribution is 6.30. The Labute approximate surface area is 169 Å². The molecule has 2 bridgehead atoms. The van der Waals surface area contributed by atoms with Crippen LogP contribution in [-0.4, -0.2) is 32.9 Å². The van der Waals surface area contributed by atoms with Gasteiger partial charge in [0.25, 0.3) is 11.8 Å². The standard InChI is InChI=1S/C21H23ClN4O2/c1-14-11-24-17(12-23-14)19(28)26-21-7-3-6-20(13-21,8-9-21)25-18(27)15-4-2-5-16(22)10-15/h2,4-5,10-12H,3,6-9,13H2,1H3,(H,25,27)(H,26,28). The fraction of sp³-hybridized carbons (Fsp3) is 0.429. The molecule has 2 unspecified atom stereocenters. The van der Waals surface area contributed by atoms with Crippen LogP contribution < -0.4 is 10.6 Å². The summed E-state index contributed by atoms with van der Waals surface area (Å²) in [4.78, 5) is 33.8. The summed E-state index contributed by atoms with van der Waals surface area (Å²) >= 11 is 6.02. The zero-order chi connectivity index (χ0) is 19.8. The molecule has 2 N–H and O–H groups in total. The number of aromatic nitrogens is 2. The van der Waals surface area contributed by atoms with E-state index in [9.17, 15) is 9.59 Å². The van der Waals surface area contributed by atoms with Crippen LogP contribution in [0.3, 0.4) is 0 Å². The number of hydrogen-bond acceptors (Lipinski definition) is 4. The first-order valence-electron chi connectivity index (χ1n) is 9.58. The monoisotopic (exact) mass is 398 g/mol. The van der Waals surface area contributed by atoms with Crippen LogP contribution in [0.1, 0.15) is 65.1 Å². The van der Waals surface area contributed by atoms with Crippen molar-refractivity contribution >= 4 is 23.4 Å². The molecule has 2 atom stereocenters. The molecule has 2 amide bonds. The zero-order valence-corrected chi connectivity index (χ0v) is 16.6. The fourth-order valence-electron chi connectivity index (χ4n) is 4.59. The summed E-state index contributed by atoms with van der Waals surface area (Å²) in [7, 11) is 0. The van der Waals surface area contributed by atoms with Crippen molar-refractivity contribution in [2.75, 3.05) is 0 Å². The van der Waals surface area contributed by atoms with E-state index >= 15 is 0 Å². The first-order chi connectivity index (χ1) is 13.4. The maximum atomic E-state index is 12.8. The molecule has 7 heteroatoms. The first kappa shape index (κ1) is 18.9. The molecule has 28 heavy (non-hydrogen) atoms. The molecule has 2 aliphatic rings. The Morgan fingerprint density at radius 1 is 1.00 bits per heavy atom. The Balaban J connectivity index is 1.47. The van der Waals surface area contributed by atoms with Gasteiger partial charge in [0.2, 0.25) is 0 Å². The molecule has 2 fully saturated rings. The lowest BCUT2D eigenvalue weighted by Gasteiger charge is -2.40. The number of halogens is 1. The van der Waals surface area contributed by atoms with Crippen LogP contribution in [0.25, 0.3) is 0 Å². The van der Waals surface area contributed by atoms with Gasteiger partial charge in [0.05, 0.1) is 11.9 Å². The number of hydrogen-bond donors (Lipinski definition) is 2. The maximum Gasteiger partial charge on any atom is 0.271 e. The van der Waals surface area contributed by atoms with E-state index in [-0.39, 0.29) is 22.9 Å². The van der Waals surface area contributed by atoms with E-state index in [0.717, 1.165) is 44.2 Å². The minimum Gasteiger partial charge on any atom is -0.347 e. The molecule has 2 aromatic rings. The minimum atomic E-state index is -0.302. The summed E-state index contributed by atoms with van der Waals surface area (Å²) in [5, 5.41) is 6.97. The van der Waals surface area contributed by atoms with Gasteiger partial charge in [0.1, 0.15) is 5.69 Å². The van der Waals surface area contributed by atoms with Gasteiger partial charge < -0.3 is 10.6 Å². The van der Waals surface area contributed by atoms with E-state index in [4.69, 9.17) is 11.6 Å². The number of carbonyl (C=O) groups excluding carboxylic acids is 2. The largest absolute Gasteiger partial charge is 0.347 e. The SMILES string of the molecule is Cc1cnc(C(=O)NC23CCCC(NC(=O)c4cccc(Cl)c4)(CC2)C3)cn1. The van der Waals surface area contributed by atoms with Crippen molar-refractivity contribution < 1.29 is 9.59 Å². The van der Waals surface area contributed by atoms with Crippen LogP contribution in [0.15, 0.2) is 36.7 Å². The highest BCUT2D eigenvalue weighted by Gasteiger charge is 2.52. The fourth-order valence-corrected chi connectivity index (χ4v) is 4.78. The summed E-state index contributed by atoms with van der Waals surface area (Å²) in [5.41, 5.74) is 1.07. The number of amides is 2. The number of carbonyl (C=O) groups is 2. The minimum absolute atomic E-state index is 0.115. The predicted molar refractivity (Wildman–Crippen MR) is 106 cm³/mol. The molecule has 146 valence electrons. The average Bonchev–Trinajstić information content (AvgIpc) is 2.92. The van der Waals surface area contributed by atoms with E-state index in [2.05, 4.69) is 20.6 Å². The van der Waals surface area contributed by atoms with Crippen molar-refractivity contribution in [2.45, 2.75) is 56.5 Å². The van der Waals surface area contributed by atoms with Gasteiger partial charge >= 0.3 is 0 Å². The zero-order valence-electron chi connectivity index (χ0n) is 15.8. The van der Waals surface area contributed by atoms with Crippen LogP contribution in [0.5, 0.6) is 0 Å². The van der Waals surface area contributed by atoms with E-state index < -0.39 is 0 Å². The molecule has 0 radical (unpaired) electrons. The molecule has 1 aromatic heterocycles. The number of rotatable bonds is 4. The maximum absolute atomic E-state index is 12.8. The predicted octanol–water partition coefficient (Wildman–Crippen LogP) is 3.44. The van der Waals surface area contributed by atoms with Crippen LogP contribution in [0, 0.1) is 6.92 Å². The Morgan fingerprint density at radius 2 is 1.71 bits per heavy atom. The second-order valence-corrected chi connectivity index (χ2v) is 8.49. The summed E-state index contributed by atoms with van der Waals surface area (Å²) in [6.45, 7) is 1.84. The van der Waals surface area contributed by atoms with Gasteiger partial charge in [-0.15, -0.1) is 0 Å². The van der Waals surface area contributed by atoms with Crippen LogP contribution in [-0.2, 0) is 0 Å². The summed E-state index contributed by atoms with van der Waals surface area (Å²) in [6.07, 6.45) is 8.30. The second kappa shape index (κ2) is 7.17. The average molecular weight is 399 g/mol. The van der Waals surface area contributed by atoms with Gasteiger partial charge in [0, 0.05) is 27.9 Å². The summed E-state index contributed by atoms with van der Waals surface area (Å²) in [6, 6.07) is 6.97. The Hall–Kier alpha value is -2.47. The molecule has 2 aliphatic carbocycles. The molecule has 4 rings (SSSR count). The number of aryl methyl sites for hydroxylation is 1. The van der Waals surface area contributed by atoms with Crippen molar-refractivity contribution in [3.63, 3.8) is 0 Å². The van der Waals surface area contributed by atoms with Gasteiger partial charge in [-0.3, -0.25) is 14.6 Å². The quantitative estimate of drug-likeness (QED) is 0.826. The number of nitrogens with zero attached hydrogens (tertiary/aromatic N) is 2. The third-order valence-corrected chi connectivity index (χ3v) is 6.16. The summed E-state index contributed by atoms with van der Waals surface area (Å²) in [5.74, 6) is -0.317. The van der Waals surface area contributed by atoms with Crippen molar-refractivity contribution in [1.29, 1.82) is 0 Å².